The van der Waals surface area contributed by atoms with Crippen LogP contribution in [0, 0.1) is 0 Å². The molecule has 0 atom stereocenters. The molecule has 0 fully saturated rings. The van der Waals surface area contributed by atoms with Crippen molar-refractivity contribution >= 4 is 33.2 Å². The summed E-state index contributed by atoms with van der Waals surface area (Å²) in [5.74, 6) is -0.298. The Hall–Kier alpha value is -2.39. The quantitative estimate of drug-likeness (QED) is 0.448. The number of carbonyl (C=O) groups excluding carboxylic acids is 1. The average Bonchev–Trinajstić information content (AvgIpc) is 2.78. The lowest BCUT2D eigenvalue weighted by atomic mass is 10.2. The molecule has 0 heterocycles. The van der Waals surface area contributed by atoms with Gasteiger partial charge in [-0.05, 0) is 42.5 Å². The highest BCUT2D eigenvalue weighted by Crippen LogP contribution is 2.26. The molecule has 2 aromatic carbocycles. The number of amides is 1. The number of methoxy groups -OCH3 is 2. The summed E-state index contributed by atoms with van der Waals surface area (Å²) in [5.41, 5.74) is 0.714. The van der Waals surface area contributed by atoms with Crippen LogP contribution in [0.2, 0.25) is 5.02 Å². The summed E-state index contributed by atoms with van der Waals surface area (Å²) in [4.78, 5) is 14.6. The highest BCUT2D eigenvalue weighted by atomic mass is 35.5. The maximum absolute atomic E-state index is 13.4. The van der Waals surface area contributed by atoms with Crippen molar-refractivity contribution in [2.75, 3.05) is 51.4 Å². The van der Waals surface area contributed by atoms with E-state index in [4.69, 9.17) is 21.1 Å². The first kappa shape index (κ1) is 24.9. The molecule has 0 aliphatic rings. The molecule has 0 saturated heterocycles. The van der Waals surface area contributed by atoms with E-state index in [0.717, 1.165) is 0 Å². The van der Waals surface area contributed by atoms with E-state index in [-0.39, 0.29) is 22.9 Å². The van der Waals surface area contributed by atoms with E-state index in [1.165, 1.54) is 22.5 Å². The second-order valence-electron chi connectivity index (χ2n) is 6.61. The number of halogens is 1. The Morgan fingerprint density at radius 1 is 1.06 bits per heavy atom. The first-order valence-electron chi connectivity index (χ1n) is 9.61. The highest BCUT2D eigenvalue weighted by Gasteiger charge is 2.26. The Morgan fingerprint density at radius 3 is 2.23 bits per heavy atom. The summed E-state index contributed by atoms with van der Waals surface area (Å²) in [6, 6.07) is 12.5. The van der Waals surface area contributed by atoms with E-state index >= 15 is 0 Å². The van der Waals surface area contributed by atoms with E-state index in [2.05, 4.69) is 6.58 Å². The number of anilines is 1. The fourth-order valence-electron chi connectivity index (χ4n) is 2.88. The van der Waals surface area contributed by atoms with Crippen molar-refractivity contribution in [2.45, 2.75) is 4.90 Å². The van der Waals surface area contributed by atoms with Crippen molar-refractivity contribution in [3.05, 3.63) is 71.8 Å². The Balaban J connectivity index is 2.39. The Labute approximate surface area is 188 Å². The molecule has 2 aromatic rings. The van der Waals surface area contributed by atoms with Gasteiger partial charge in [-0.3, -0.25) is 9.10 Å². The van der Waals surface area contributed by atoms with Crippen LogP contribution in [0.1, 0.15) is 10.4 Å². The zero-order valence-electron chi connectivity index (χ0n) is 17.7. The van der Waals surface area contributed by atoms with Crippen molar-refractivity contribution in [2.24, 2.45) is 0 Å². The van der Waals surface area contributed by atoms with Gasteiger partial charge in [0.05, 0.1) is 30.3 Å². The third-order valence-electron chi connectivity index (χ3n) is 4.50. The fourth-order valence-corrected chi connectivity index (χ4v) is 4.49. The molecule has 0 aromatic heterocycles. The van der Waals surface area contributed by atoms with Gasteiger partial charge < -0.3 is 14.4 Å². The third-order valence-corrected chi connectivity index (χ3v) is 6.54. The van der Waals surface area contributed by atoms with Crippen LogP contribution >= 0.6 is 11.6 Å². The maximum atomic E-state index is 13.4. The first-order chi connectivity index (χ1) is 14.8. The van der Waals surface area contributed by atoms with Crippen LogP contribution in [0.25, 0.3) is 0 Å². The average molecular weight is 467 g/mol. The highest BCUT2D eigenvalue weighted by molar-refractivity contribution is 7.92. The van der Waals surface area contributed by atoms with Gasteiger partial charge in [-0.25, -0.2) is 8.42 Å². The van der Waals surface area contributed by atoms with Crippen LogP contribution in [-0.2, 0) is 19.5 Å². The van der Waals surface area contributed by atoms with Crippen LogP contribution in [0.15, 0.2) is 66.1 Å². The standard InChI is InChI=1S/C22H27ClN2O5S/c1-4-12-25(20-10-8-19(23)9-11-20)31(27,28)21-7-5-6-18(17-21)22(26)24(13-15-29-2)14-16-30-3/h4-11,17H,1,12-16H2,2-3H3. The van der Waals surface area contributed by atoms with Crippen LogP contribution in [-0.4, -0.2) is 66.3 Å². The van der Waals surface area contributed by atoms with Crippen LogP contribution in [0.4, 0.5) is 5.69 Å². The fraction of sp³-hybridized carbons (Fsp3) is 0.318. The zero-order valence-corrected chi connectivity index (χ0v) is 19.2. The van der Waals surface area contributed by atoms with Crippen molar-refractivity contribution in [3.63, 3.8) is 0 Å². The SMILES string of the molecule is C=CCN(c1ccc(Cl)cc1)S(=O)(=O)c1cccc(C(=O)N(CCOC)CCOC)c1. The molecule has 0 bridgehead atoms. The Morgan fingerprint density at radius 2 is 1.68 bits per heavy atom. The minimum Gasteiger partial charge on any atom is -0.383 e. The summed E-state index contributed by atoms with van der Waals surface area (Å²) >= 11 is 5.93. The van der Waals surface area contributed by atoms with E-state index in [1.54, 1.807) is 55.5 Å². The number of hydrogen-bond acceptors (Lipinski definition) is 5. The molecule has 2 rings (SSSR count). The van der Waals surface area contributed by atoms with Crippen molar-refractivity contribution in [1.82, 2.24) is 4.90 Å². The van der Waals surface area contributed by atoms with E-state index in [1.807, 2.05) is 0 Å². The van der Waals surface area contributed by atoms with Gasteiger partial charge in [-0.15, -0.1) is 6.58 Å². The van der Waals surface area contributed by atoms with Crippen molar-refractivity contribution < 1.29 is 22.7 Å². The second-order valence-corrected chi connectivity index (χ2v) is 8.91. The number of ether oxygens (including phenoxy) is 2. The van der Waals surface area contributed by atoms with Crippen LogP contribution in [0.5, 0.6) is 0 Å². The zero-order chi connectivity index (χ0) is 22.9. The number of benzene rings is 2. The van der Waals surface area contributed by atoms with E-state index < -0.39 is 10.0 Å². The predicted molar refractivity (Wildman–Crippen MR) is 122 cm³/mol. The normalized spacial score (nSPS) is 11.2. The molecule has 0 N–H and O–H groups in total. The molecular formula is C22H27ClN2O5S. The van der Waals surface area contributed by atoms with Gasteiger partial charge in [0.25, 0.3) is 15.9 Å². The molecule has 0 spiro atoms. The van der Waals surface area contributed by atoms with Gasteiger partial charge in [0.15, 0.2) is 0 Å². The Kier molecular flexibility index (Phi) is 9.51. The second kappa shape index (κ2) is 11.9. The summed E-state index contributed by atoms with van der Waals surface area (Å²) < 4.78 is 38.1. The number of sulfonamides is 1. The monoisotopic (exact) mass is 466 g/mol. The minimum atomic E-state index is -3.95. The molecule has 7 nitrogen and oxygen atoms in total. The van der Waals surface area contributed by atoms with Gasteiger partial charge in [0.1, 0.15) is 0 Å². The Bertz CT molecular complexity index is 972. The molecule has 168 valence electrons. The molecule has 9 heteroatoms. The lowest BCUT2D eigenvalue weighted by Crippen LogP contribution is -2.36. The van der Waals surface area contributed by atoms with Crippen LogP contribution in [0.3, 0.4) is 0 Å². The minimum absolute atomic E-state index is 0.00795. The van der Waals surface area contributed by atoms with Gasteiger partial charge in [-0.1, -0.05) is 23.7 Å². The van der Waals surface area contributed by atoms with Gasteiger partial charge in [0, 0.05) is 37.9 Å². The van der Waals surface area contributed by atoms with E-state index in [0.29, 0.717) is 37.0 Å². The predicted octanol–water partition coefficient (Wildman–Crippen LogP) is 3.46. The molecule has 0 saturated carbocycles. The van der Waals surface area contributed by atoms with Gasteiger partial charge >= 0.3 is 0 Å². The molecule has 0 unspecified atom stereocenters. The number of nitrogens with zero attached hydrogens (tertiary/aromatic N) is 2. The van der Waals surface area contributed by atoms with Crippen LogP contribution < -0.4 is 4.31 Å². The smallest absolute Gasteiger partial charge is 0.264 e. The first-order valence-corrected chi connectivity index (χ1v) is 11.4. The topological polar surface area (TPSA) is 76.2 Å². The number of carbonyl (C=O) groups is 1. The number of rotatable bonds is 12. The van der Waals surface area contributed by atoms with Gasteiger partial charge in [-0.2, -0.15) is 0 Å². The molecule has 0 radical (unpaired) electrons. The van der Waals surface area contributed by atoms with Crippen molar-refractivity contribution in [3.8, 4) is 0 Å². The molecular weight excluding hydrogens is 440 g/mol. The number of hydrogen-bond donors (Lipinski definition) is 0. The molecule has 31 heavy (non-hydrogen) atoms. The summed E-state index contributed by atoms with van der Waals surface area (Å²) in [7, 11) is -0.840. The van der Waals surface area contributed by atoms with Crippen molar-refractivity contribution in [1.29, 1.82) is 0 Å². The maximum Gasteiger partial charge on any atom is 0.264 e. The molecule has 0 aliphatic heterocycles. The summed E-state index contributed by atoms with van der Waals surface area (Å²) in [6.45, 7) is 5.17. The summed E-state index contributed by atoms with van der Waals surface area (Å²) in [6.07, 6.45) is 1.50. The summed E-state index contributed by atoms with van der Waals surface area (Å²) in [5, 5.41) is 0.500. The lowest BCUT2D eigenvalue weighted by molar-refractivity contribution is 0.0627. The molecule has 0 aliphatic carbocycles. The van der Waals surface area contributed by atoms with Gasteiger partial charge in [0.2, 0.25) is 0 Å². The molecule has 1 amide bonds. The van der Waals surface area contributed by atoms with E-state index in [9.17, 15) is 13.2 Å². The lowest BCUT2D eigenvalue weighted by Gasteiger charge is -2.24. The largest absolute Gasteiger partial charge is 0.383 e. The third kappa shape index (κ3) is 6.54.